The number of hydrogen-bond acceptors (Lipinski definition) is 5. The molecule has 0 radical (unpaired) electrons. The number of aliphatic carboxylic acids is 1. The third-order valence-corrected chi connectivity index (χ3v) is 6.96. The van der Waals surface area contributed by atoms with Crippen LogP contribution < -0.4 is 4.74 Å². The number of likely N-dealkylation sites (tertiary alicyclic amines) is 1. The lowest BCUT2D eigenvalue weighted by atomic mass is 9.93. The Labute approximate surface area is 217 Å². The molecule has 1 aliphatic heterocycles. The Morgan fingerprint density at radius 2 is 2.11 bits per heavy atom. The lowest BCUT2D eigenvalue weighted by molar-refractivity contribution is -0.131. The Bertz CT molecular complexity index is 1080. The quantitative estimate of drug-likeness (QED) is 0.360. The van der Waals surface area contributed by atoms with E-state index in [0.717, 1.165) is 30.5 Å². The SMILES string of the molecule is CC/C(=C\C(=O)O)c1c(OC)cccc1[C@@H](C)OC[C@@H](O)CN1CCC[C@H]1Cc1ccc(Cl)c(F)c1. The van der Waals surface area contributed by atoms with Crippen molar-refractivity contribution in [2.45, 2.75) is 57.8 Å². The summed E-state index contributed by atoms with van der Waals surface area (Å²) in [6, 6.07) is 10.7. The number of allylic oxidation sites excluding steroid dienone is 1. The van der Waals surface area contributed by atoms with Crippen molar-refractivity contribution in [2.75, 3.05) is 26.8 Å². The highest BCUT2D eigenvalue weighted by Gasteiger charge is 2.27. The zero-order chi connectivity index (χ0) is 26.2. The van der Waals surface area contributed by atoms with Crippen LogP contribution in [0, 0.1) is 5.82 Å². The standard InChI is InChI=1S/C28H35ClFNO5/c1-4-20(15-27(33)34)28-23(8-5-9-26(28)35-3)18(2)36-17-22(32)16-31-12-6-7-21(31)13-19-10-11-24(29)25(30)14-19/h5,8-11,14-15,18,21-22,32H,4,6-7,12-13,16-17H2,1-3H3,(H,33,34)/b20-15+/t18-,21+,22+/m1/s1. The van der Waals surface area contributed by atoms with Crippen LogP contribution in [0.1, 0.15) is 55.9 Å². The number of aliphatic hydroxyl groups excluding tert-OH is 1. The lowest BCUT2D eigenvalue weighted by Gasteiger charge is -2.28. The Morgan fingerprint density at radius 3 is 2.78 bits per heavy atom. The first-order chi connectivity index (χ1) is 17.2. The summed E-state index contributed by atoms with van der Waals surface area (Å²) in [7, 11) is 1.55. The van der Waals surface area contributed by atoms with Gasteiger partial charge in [0.2, 0.25) is 0 Å². The number of carboxylic acids is 1. The molecule has 2 aromatic rings. The summed E-state index contributed by atoms with van der Waals surface area (Å²) in [5.41, 5.74) is 3.05. The minimum Gasteiger partial charge on any atom is -0.496 e. The van der Waals surface area contributed by atoms with E-state index in [4.69, 9.17) is 21.1 Å². The second-order valence-electron chi connectivity index (χ2n) is 9.16. The second kappa shape index (κ2) is 13.2. The first-order valence-electron chi connectivity index (χ1n) is 12.3. The maximum absolute atomic E-state index is 13.8. The smallest absolute Gasteiger partial charge is 0.328 e. The number of rotatable bonds is 12. The van der Waals surface area contributed by atoms with E-state index in [9.17, 15) is 19.4 Å². The van der Waals surface area contributed by atoms with Gasteiger partial charge in [-0.25, -0.2) is 9.18 Å². The van der Waals surface area contributed by atoms with Crippen LogP contribution in [0.4, 0.5) is 4.39 Å². The van der Waals surface area contributed by atoms with Crippen molar-refractivity contribution in [3.05, 3.63) is 70.0 Å². The van der Waals surface area contributed by atoms with Gasteiger partial charge in [-0.3, -0.25) is 4.90 Å². The highest BCUT2D eigenvalue weighted by molar-refractivity contribution is 6.30. The number of carboxylic acid groups (broad SMARTS) is 1. The van der Waals surface area contributed by atoms with Gasteiger partial charge in [-0.1, -0.05) is 36.7 Å². The molecule has 0 unspecified atom stereocenters. The predicted octanol–water partition coefficient (Wildman–Crippen LogP) is 5.51. The predicted molar refractivity (Wildman–Crippen MR) is 139 cm³/mol. The van der Waals surface area contributed by atoms with E-state index in [2.05, 4.69) is 4.90 Å². The monoisotopic (exact) mass is 519 g/mol. The number of carbonyl (C=O) groups is 1. The normalized spacial score (nSPS) is 18.3. The number of aliphatic hydroxyl groups is 1. The van der Waals surface area contributed by atoms with Crippen molar-refractivity contribution in [2.24, 2.45) is 0 Å². The average Bonchev–Trinajstić information content (AvgIpc) is 3.28. The van der Waals surface area contributed by atoms with Gasteiger partial charge in [-0.2, -0.15) is 0 Å². The largest absolute Gasteiger partial charge is 0.496 e. The molecular formula is C28H35ClFNO5. The maximum atomic E-state index is 13.8. The molecular weight excluding hydrogens is 485 g/mol. The molecule has 2 aromatic carbocycles. The Hall–Kier alpha value is -2.45. The molecule has 3 atom stereocenters. The number of β-amino-alcohol motifs (C(OH)–C–C–N with tert-alkyl or cyclic N) is 1. The Morgan fingerprint density at radius 1 is 1.33 bits per heavy atom. The lowest BCUT2D eigenvalue weighted by Crippen LogP contribution is -2.39. The van der Waals surface area contributed by atoms with E-state index in [-0.39, 0.29) is 23.8 Å². The van der Waals surface area contributed by atoms with E-state index < -0.39 is 17.9 Å². The molecule has 0 amide bonds. The summed E-state index contributed by atoms with van der Waals surface area (Å²) in [4.78, 5) is 13.6. The van der Waals surface area contributed by atoms with Gasteiger partial charge in [0.05, 0.1) is 30.9 Å². The van der Waals surface area contributed by atoms with E-state index in [1.54, 1.807) is 19.2 Å². The molecule has 2 N–H and O–H groups in total. The van der Waals surface area contributed by atoms with Crippen molar-refractivity contribution in [1.29, 1.82) is 0 Å². The van der Waals surface area contributed by atoms with Gasteiger partial charge in [0.1, 0.15) is 11.6 Å². The molecule has 0 bridgehead atoms. The minimum atomic E-state index is -1.02. The molecule has 36 heavy (non-hydrogen) atoms. The molecule has 196 valence electrons. The van der Waals surface area contributed by atoms with E-state index in [1.165, 1.54) is 12.1 Å². The molecule has 0 aromatic heterocycles. The molecule has 8 heteroatoms. The number of nitrogens with zero attached hydrogens (tertiary/aromatic N) is 1. The minimum absolute atomic E-state index is 0.118. The van der Waals surface area contributed by atoms with Crippen LogP contribution in [0.2, 0.25) is 5.02 Å². The van der Waals surface area contributed by atoms with Gasteiger partial charge in [0, 0.05) is 24.2 Å². The van der Waals surface area contributed by atoms with Crippen LogP contribution in [-0.4, -0.2) is 60.0 Å². The van der Waals surface area contributed by atoms with Crippen LogP contribution in [-0.2, 0) is 16.0 Å². The summed E-state index contributed by atoms with van der Waals surface area (Å²) < 4.78 is 25.4. The number of halogens is 2. The fourth-order valence-corrected chi connectivity index (χ4v) is 4.99. The Balaban J connectivity index is 1.64. The van der Waals surface area contributed by atoms with Gasteiger partial charge >= 0.3 is 5.97 Å². The van der Waals surface area contributed by atoms with Crippen molar-refractivity contribution in [3.63, 3.8) is 0 Å². The number of hydrogen-bond donors (Lipinski definition) is 2. The van der Waals surface area contributed by atoms with Crippen LogP contribution >= 0.6 is 11.6 Å². The molecule has 1 fully saturated rings. The highest BCUT2D eigenvalue weighted by Crippen LogP contribution is 2.36. The average molecular weight is 520 g/mol. The van der Waals surface area contributed by atoms with Crippen molar-refractivity contribution in [1.82, 2.24) is 4.90 Å². The summed E-state index contributed by atoms with van der Waals surface area (Å²) in [5, 5.41) is 20.2. The van der Waals surface area contributed by atoms with Gasteiger partial charge in [0.15, 0.2) is 0 Å². The molecule has 0 saturated carbocycles. The summed E-state index contributed by atoms with van der Waals surface area (Å²) in [6.45, 7) is 5.23. The third kappa shape index (κ3) is 7.29. The van der Waals surface area contributed by atoms with Crippen LogP contribution in [0.15, 0.2) is 42.5 Å². The van der Waals surface area contributed by atoms with Gasteiger partial charge in [-0.15, -0.1) is 0 Å². The van der Waals surface area contributed by atoms with Crippen molar-refractivity contribution >= 4 is 23.1 Å². The number of methoxy groups -OCH3 is 1. The first kappa shape index (κ1) is 28.1. The molecule has 0 spiro atoms. The van der Waals surface area contributed by atoms with Gasteiger partial charge < -0.3 is 19.7 Å². The molecule has 1 aliphatic rings. The Kier molecular flexibility index (Phi) is 10.3. The van der Waals surface area contributed by atoms with Gasteiger partial charge in [-0.05, 0) is 74.1 Å². The third-order valence-electron chi connectivity index (χ3n) is 6.65. The second-order valence-corrected chi connectivity index (χ2v) is 9.57. The van der Waals surface area contributed by atoms with Crippen LogP contribution in [0.25, 0.3) is 5.57 Å². The zero-order valence-corrected chi connectivity index (χ0v) is 21.8. The molecule has 3 rings (SSSR count). The highest BCUT2D eigenvalue weighted by atomic mass is 35.5. The molecule has 1 saturated heterocycles. The summed E-state index contributed by atoms with van der Waals surface area (Å²) in [6.07, 6.45) is 3.32. The first-order valence-corrected chi connectivity index (χ1v) is 12.7. The number of ether oxygens (including phenoxy) is 2. The summed E-state index contributed by atoms with van der Waals surface area (Å²) >= 11 is 5.81. The fourth-order valence-electron chi connectivity index (χ4n) is 4.87. The summed E-state index contributed by atoms with van der Waals surface area (Å²) in [5.74, 6) is -0.854. The number of benzene rings is 2. The van der Waals surface area contributed by atoms with Crippen LogP contribution in [0.3, 0.4) is 0 Å². The maximum Gasteiger partial charge on any atom is 0.328 e. The molecule has 1 heterocycles. The van der Waals surface area contributed by atoms with E-state index in [1.807, 2.05) is 32.0 Å². The zero-order valence-electron chi connectivity index (χ0n) is 21.0. The topological polar surface area (TPSA) is 79.2 Å². The molecule has 0 aliphatic carbocycles. The van der Waals surface area contributed by atoms with E-state index in [0.29, 0.717) is 36.3 Å². The van der Waals surface area contributed by atoms with Crippen LogP contribution in [0.5, 0.6) is 5.75 Å². The van der Waals surface area contributed by atoms with Crippen molar-refractivity contribution < 1.29 is 28.9 Å². The van der Waals surface area contributed by atoms with Crippen molar-refractivity contribution in [3.8, 4) is 5.75 Å². The van der Waals surface area contributed by atoms with Gasteiger partial charge in [0.25, 0.3) is 0 Å². The fraction of sp³-hybridized carbons (Fsp3) is 0.464. The molecule has 6 nitrogen and oxygen atoms in total. The van der Waals surface area contributed by atoms with E-state index >= 15 is 0 Å².